The Bertz CT molecular complexity index is 729. The van der Waals surface area contributed by atoms with E-state index < -0.39 is 15.8 Å². The number of carbonyl (C=O) groups is 1. The normalized spacial score (nSPS) is 14.3. The SMILES string of the molecule is COC(=O)c1cc(S(C)(=O)=O)c(N2C=CCC=N2)cc1Cl. The van der Waals surface area contributed by atoms with E-state index in [0.29, 0.717) is 6.42 Å². The van der Waals surface area contributed by atoms with Gasteiger partial charge in [-0.25, -0.2) is 18.2 Å². The van der Waals surface area contributed by atoms with Crippen molar-refractivity contribution in [3.05, 3.63) is 35.0 Å². The van der Waals surface area contributed by atoms with E-state index >= 15 is 0 Å². The van der Waals surface area contributed by atoms with E-state index in [0.717, 1.165) is 6.26 Å². The number of anilines is 1. The maximum atomic E-state index is 12.0. The summed E-state index contributed by atoms with van der Waals surface area (Å²) in [5.41, 5.74) is 0.274. The van der Waals surface area contributed by atoms with Crippen LogP contribution in [0.2, 0.25) is 5.02 Å². The van der Waals surface area contributed by atoms with Crippen molar-refractivity contribution in [3.8, 4) is 0 Å². The monoisotopic (exact) mass is 328 g/mol. The number of halogens is 1. The number of allylic oxidation sites excluding steroid dienone is 1. The van der Waals surface area contributed by atoms with Crippen LogP contribution in [0.4, 0.5) is 5.69 Å². The molecule has 0 N–H and O–H groups in total. The largest absolute Gasteiger partial charge is 0.465 e. The molecule has 0 aromatic heterocycles. The van der Waals surface area contributed by atoms with Gasteiger partial charge in [0.2, 0.25) is 0 Å². The zero-order valence-corrected chi connectivity index (χ0v) is 13.0. The highest BCUT2D eigenvalue weighted by Gasteiger charge is 2.23. The molecule has 0 saturated heterocycles. The standard InChI is InChI=1S/C13H13ClN2O4S/c1-20-13(17)9-7-12(21(2,18)19)11(8-10(9)14)16-6-4-3-5-15-16/h4-8H,3H2,1-2H3. The fourth-order valence-corrected chi connectivity index (χ4v) is 2.92. The first-order chi connectivity index (χ1) is 9.84. The highest BCUT2D eigenvalue weighted by atomic mass is 35.5. The first-order valence-electron chi connectivity index (χ1n) is 5.95. The highest BCUT2D eigenvalue weighted by molar-refractivity contribution is 7.90. The van der Waals surface area contributed by atoms with Gasteiger partial charge in [-0.05, 0) is 12.1 Å². The van der Waals surface area contributed by atoms with Crippen molar-refractivity contribution in [3.63, 3.8) is 0 Å². The summed E-state index contributed by atoms with van der Waals surface area (Å²) in [5.74, 6) is -0.700. The molecule has 21 heavy (non-hydrogen) atoms. The lowest BCUT2D eigenvalue weighted by atomic mass is 10.2. The number of methoxy groups -OCH3 is 1. The number of nitrogens with zero attached hydrogens (tertiary/aromatic N) is 2. The molecule has 0 fully saturated rings. The average molecular weight is 329 g/mol. The second kappa shape index (κ2) is 5.87. The number of benzene rings is 1. The number of sulfone groups is 1. The van der Waals surface area contributed by atoms with Crippen molar-refractivity contribution in [1.29, 1.82) is 0 Å². The fraction of sp³-hybridized carbons (Fsp3) is 0.231. The molecule has 0 amide bonds. The van der Waals surface area contributed by atoms with Crippen molar-refractivity contribution in [2.75, 3.05) is 18.4 Å². The van der Waals surface area contributed by atoms with Crippen LogP contribution < -0.4 is 5.01 Å². The van der Waals surface area contributed by atoms with Gasteiger partial charge in [-0.1, -0.05) is 17.7 Å². The number of esters is 1. The quantitative estimate of drug-likeness (QED) is 0.795. The summed E-state index contributed by atoms with van der Waals surface area (Å²) in [4.78, 5) is 11.6. The summed E-state index contributed by atoms with van der Waals surface area (Å²) in [6.45, 7) is 0. The molecular formula is C13H13ClN2O4S. The molecule has 2 rings (SSSR count). The minimum Gasteiger partial charge on any atom is -0.465 e. The van der Waals surface area contributed by atoms with Crippen molar-refractivity contribution < 1.29 is 17.9 Å². The number of rotatable bonds is 3. The predicted octanol–water partition coefficient (Wildman–Crippen LogP) is 2.24. The molecule has 0 aliphatic carbocycles. The first-order valence-corrected chi connectivity index (χ1v) is 8.22. The zero-order valence-electron chi connectivity index (χ0n) is 11.4. The Kier molecular flexibility index (Phi) is 4.34. The Morgan fingerprint density at radius 1 is 1.43 bits per heavy atom. The molecule has 8 heteroatoms. The lowest BCUT2D eigenvalue weighted by molar-refractivity contribution is 0.0600. The molecule has 0 bridgehead atoms. The van der Waals surface area contributed by atoms with Crippen LogP contribution in [-0.2, 0) is 14.6 Å². The van der Waals surface area contributed by atoms with Crippen molar-refractivity contribution in [1.82, 2.24) is 0 Å². The zero-order chi connectivity index (χ0) is 15.6. The van der Waals surface area contributed by atoms with Gasteiger partial charge in [0.15, 0.2) is 9.84 Å². The third-order valence-electron chi connectivity index (χ3n) is 2.79. The summed E-state index contributed by atoms with van der Waals surface area (Å²) < 4.78 is 28.5. The van der Waals surface area contributed by atoms with Crippen LogP contribution >= 0.6 is 11.6 Å². The Labute approximate surface area is 127 Å². The van der Waals surface area contributed by atoms with E-state index in [1.165, 1.54) is 24.3 Å². The highest BCUT2D eigenvalue weighted by Crippen LogP contribution is 2.33. The van der Waals surface area contributed by atoms with E-state index in [9.17, 15) is 13.2 Å². The topological polar surface area (TPSA) is 76.0 Å². The summed E-state index contributed by atoms with van der Waals surface area (Å²) in [5, 5.41) is 5.58. The van der Waals surface area contributed by atoms with E-state index in [4.69, 9.17) is 11.6 Å². The van der Waals surface area contributed by atoms with Crippen LogP contribution in [0.3, 0.4) is 0 Å². The maximum absolute atomic E-state index is 12.0. The lowest BCUT2D eigenvalue weighted by Gasteiger charge is -2.20. The van der Waals surface area contributed by atoms with Gasteiger partial charge in [-0.3, -0.25) is 0 Å². The Hall–Kier alpha value is -1.86. The van der Waals surface area contributed by atoms with E-state index in [2.05, 4.69) is 9.84 Å². The van der Waals surface area contributed by atoms with Gasteiger partial charge < -0.3 is 4.74 Å². The molecular weight excluding hydrogens is 316 g/mol. The van der Waals surface area contributed by atoms with Gasteiger partial charge in [0.25, 0.3) is 0 Å². The van der Waals surface area contributed by atoms with E-state index in [-0.39, 0.29) is 21.2 Å². The number of ether oxygens (including phenoxy) is 1. The van der Waals surface area contributed by atoms with Crippen molar-refractivity contribution in [2.24, 2.45) is 5.10 Å². The second-order valence-electron chi connectivity index (χ2n) is 4.33. The minimum absolute atomic E-state index is 0.00619. The first kappa shape index (κ1) is 15.5. The number of carbonyl (C=O) groups excluding carboxylic acids is 1. The molecule has 0 radical (unpaired) electrons. The molecule has 6 nitrogen and oxygen atoms in total. The third-order valence-corrected chi connectivity index (χ3v) is 4.23. The van der Waals surface area contributed by atoms with Gasteiger partial charge in [0.05, 0.1) is 28.3 Å². The van der Waals surface area contributed by atoms with Crippen molar-refractivity contribution in [2.45, 2.75) is 11.3 Å². The fourth-order valence-electron chi connectivity index (χ4n) is 1.82. The van der Waals surface area contributed by atoms with Gasteiger partial charge in [-0.2, -0.15) is 5.10 Å². The molecule has 1 aromatic carbocycles. The molecule has 1 heterocycles. The Morgan fingerprint density at radius 3 is 2.67 bits per heavy atom. The van der Waals surface area contributed by atoms with Crippen LogP contribution in [0, 0.1) is 0 Å². The average Bonchev–Trinajstić information content (AvgIpc) is 2.46. The summed E-state index contributed by atoms with van der Waals surface area (Å²) in [6.07, 6.45) is 6.81. The second-order valence-corrected chi connectivity index (χ2v) is 6.72. The van der Waals surface area contributed by atoms with Gasteiger partial charge in [0, 0.05) is 25.1 Å². The summed E-state index contributed by atoms with van der Waals surface area (Å²) >= 11 is 6.05. The summed E-state index contributed by atoms with van der Waals surface area (Å²) in [7, 11) is -2.38. The molecule has 0 spiro atoms. The molecule has 1 aliphatic rings. The molecule has 0 saturated carbocycles. The number of hydrazone groups is 1. The van der Waals surface area contributed by atoms with Gasteiger partial charge >= 0.3 is 5.97 Å². The third kappa shape index (κ3) is 3.25. The smallest absolute Gasteiger partial charge is 0.339 e. The maximum Gasteiger partial charge on any atom is 0.339 e. The molecule has 0 unspecified atom stereocenters. The summed E-state index contributed by atoms with van der Waals surface area (Å²) in [6, 6.07) is 2.59. The number of hydrogen-bond acceptors (Lipinski definition) is 6. The Morgan fingerprint density at radius 2 is 2.14 bits per heavy atom. The van der Waals surface area contributed by atoms with Crippen LogP contribution in [0.15, 0.2) is 34.4 Å². The lowest BCUT2D eigenvalue weighted by Crippen LogP contribution is -2.16. The number of hydrogen-bond donors (Lipinski definition) is 0. The molecule has 1 aliphatic heterocycles. The van der Waals surface area contributed by atoms with Crippen LogP contribution in [-0.4, -0.2) is 34.0 Å². The molecule has 1 aromatic rings. The van der Waals surface area contributed by atoms with Crippen LogP contribution in [0.5, 0.6) is 0 Å². The van der Waals surface area contributed by atoms with E-state index in [1.807, 2.05) is 6.08 Å². The van der Waals surface area contributed by atoms with Crippen LogP contribution in [0.1, 0.15) is 16.8 Å². The van der Waals surface area contributed by atoms with Gasteiger partial charge in [-0.15, -0.1) is 0 Å². The Balaban J connectivity index is 2.67. The van der Waals surface area contributed by atoms with Crippen molar-refractivity contribution >= 4 is 39.3 Å². The molecule has 112 valence electrons. The minimum atomic E-state index is -3.58. The van der Waals surface area contributed by atoms with E-state index in [1.54, 1.807) is 12.4 Å². The van der Waals surface area contributed by atoms with Crippen LogP contribution in [0.25, 0.3) is 0 Å². The predicted molar refractivity (Wildman–Crippen MR) is 80.6 cm³/mol. The van der Waals surface area contributed by atoms with Gasteiger partial charge in [0.1, 0.15) is 0 Å². The molecule has 0 atom stereocenters.